The van der Waals surface area contributed by atoms with Crippen molar-refractivity contribution in [1.29, 1.82) is 5.26 Å². The molecular weight excluding hydrogens is 210 g/mol. The number of thiol groups is 1. The van der Waals surface area contributed by atoms with Crippen LogP contribution in [0.4, 0.5) is 0 Å². The summed E-state index contributed by atoms with van der Waals surface area (Å²) in [5.74, 6) is 0. The summed E-state index contributed by atoms with van der Waals surface area (Å²) < 4.78 is 2.31. The van der Waals surface area contributed by atoms with E-state index in [4.69, 9.17) is 5.26 Å². The Hall–Kier alpha value is -0.980. The lowest BCUT2D eigenvalue weighted by Crippen LogP contribution is -1.80. The van der Waals surface area contributed by atoms with Gasteiger partial charge in [-0.2, -0.15) is 5.26 Å². The molecule has 0 fully saturated rings. The van der Waals surface area contributed by atoms with Crippen LogP contribution in [0, 0.1) is 18.3 Å². The second kappa shape index (κ2) is 3.64. The molecule has 1 aromatic heterocycles. The van der Waals surface area contributed by atoms with Crippen molar-refractivity contribution >= 4 is 34.1 Å². The van der Waals surface area contributed by atoms with Gasteiger partial charge < -0.3 is 0 Å². The highest BCUT2D eigenvalue weighted by Crippen LogP contribution is 2.33. The molecule has 1 nitrogen and oxygen atoms in total. The molecular formula is C11H9NS2. The molecule has 0 unspecified atom stereocenters. The smallest absolute Gasteiger partial charge is 0.0669 e. The van der Waals surface area contributed by atoms with Gasteiger partial charge in [0.05, 0.1) is 16.7 Å². The van der Waals surface area contributed by atoms with Crippen LogP contribution >= 0.6 is 24.0 Å². The van der Waals surface area contributed by atoms with Gasteiger partial charge in [-0.05, 0) is 35.6 Å². The Morgan fingerprint density at radius 3 is 3.00 bits per heavy atom. The third-order valence-electron chi connectivity index (χ3n) is 2.26. The Kier molecular flexibility index (Phi) is 2.49. The Labute approximate surface area is 92.4 Å². The van der Waals surface area contributed by atoms with E-state index in [1.807, 2.05) is 6.07 Å². The molecule has 2 aromatic rings. The molecule has 0 amide bonds. The topological polar surface area (TPSA) is 23.8 Å². The summed E-state index contributed by atoms with van der Waals surface area (Å²) in [7, 11) is 0. The zero-order valence-corrected chi connectivity index (χ0v) is 9.45. The summed E-state index contributed by atoms with van der Waals surface area (Å²) in [6.07, 6.45) is 0.479. The summed E-state index contributed by atoms with van der Waals surface area (Å²) in [6.45, 7) is 2.07. The lowest BCUT2D eigenvalue weighted by Gasteiger charge is -1.95. The monoisotopic (exact) mass is 219 g/mol. The van der Waals surface area contributed by atoms with Crippen molar-refractivity contribution in [2.24, 2.45) is 0 Å². The van der Waals surface area contributed by atoms with Crippen LogP contribution in [0.15, 0.2) is 22.4 Å². The molecule has 1 heterocycles. The van der Waals surface area contributed by atoms with Gasteiger partial charge in [0.15, 0.2) is 0 Å². The molecule has 0 saturated heterocycles. The van der Waals surface area contributed by atoms with E-state index >= 15 is 0 Å². The first-order chi connectivity index (χ1) is 6.72. The third-order valence-corrected chi connectivity index (χ3v) is 3.94. The largest absolute Gasteiger partial charge is 0.198 e. The molecule has 0 aliphatic rings. The highest BCUT2D eigenvalue weighted by molar-refractivity contribution is 7.83. The van der Waals surface area contributed by atoms with Crippen LogP contribution in [0.2, 0.25) is 0 Å². The summed E-state index contributed by atoms with van der Waals surface area (Å²) in [5, 5.41) is 9.83. The van der Waals surface area contributed by atoms with Crippen LogP contribution in [0.3, 0.4) is 0 Å². The maximum Gasteiger partial charge on any atom is 0.0669 e. The molecule has 0 spiro atoms. The first-order valence-corrected chi connectivity index (χ1v) is 5.56. The fourth-order valence-electron chi connectivity index (χ4n) is 1.46. The zero-order valence-electron chi connectivity index (χ0n) is 7.74. The molecule has 0 saturated carbocycles. The van der Waals surface area contributed by atoms with Gasteiger partial charge in [-0.15, -0.1) is 24.0 Å². The maximum atomic E-state index is 8.60. The molecule has 0 aliphatic heterocycles. The van der Waals surface area contributed by atoms with E-state index in [1.54, 1.807) is 11.3 Å². The summed E-state index contributed by atoms with van der Waals surface area (Å²) >= 11 is 6.08. The first kappa shape index (κ1) is 9.57. The molecule has 0 aliphatic carbocycles. The van der Waals surface area contributed by atoms with Gasteiger partial charge in [0, 0.05) is 4.70 Å². The van der Waals surface area contributed by atoms with Gasteiger partial charge in [0.2, 0.25) is 0 Å². The highest BCUT2D eigenvalue weighted by Gasteiger charge is 2.05. The van der Waals surface area contributed by atoms with Crippen LogP contribution in [0.25, 0.3) is 10.1 Å². The van der Waals surface area contributed by atoms with E-state index < -0.39 is 0 Å². The van der Waals surface area contributed by atoms with Gasteiger partial charge in [0.1, 0.15) is 0 Å². The second-order valence-corrected chi connectivity index (χ2v) is 5.00. The third kappa shape index (κ3) is 1.52. The predicted molar refractivity (Wildman–Crippen MR) is 63.1 cm³/mol. The molecule has 0 radical (unpaired) electrons. The van der Waals surface area contributed by atoms with E-state index in [2.05, 4.69) is 37.8 Å². The van der Waals surface area contributed by atoms with Gasteiger partial charge >= 0.3 is 0 Å². The Bertz CT molecular complexity index is 520. The molecule has 0 N–H and O–H groups in total. The minimum absolute atomic E-state index is 0.479. The van der Waals surface area contributed by atoms with E-state index in [0.29, 0.717) is 6.42 Å². The first-order valence-electron chi connectivity index (χ1n) is 4.30. The summed E-state index contributed by atoms with van der Waals surface area (Å²) in [6, 6.07) is 8.32. The molecule has 2 rings (SSSR count). The van der Waals surface area contributed by atoms with Crippen LogP contribution in [0.1, 0.15) is 11.1 Å². The van der Waals surface area contributed by atoms with Crippen LogP contribution < -0.4 is 0 Å². The average Bonchev–Trinajstić information content (AvgIpc) is 2.45. The van der Waals surface area contributed by atoms with Gasteiger partial charge in [-0.25, -0.2) is 0 Å². The van der Waals surface area contributed by atoms with Gasteiger partial charge in [0.25, 0.3) is 0 Å². The number of rotatable bonds is 1. The summed E-state index contributed by atoms with van der Waals surface area (Å²) in [4.78, 5) is 0. The van der Waals surface area contributed by atoms with E-state index in [-0.39, 0.29) is 0 Å². The quantitative estimate of drug-likeness (QED) is 0.728. The van der Waals surface area contributed by atoms with Gasteiger partial charge in [-0.1, -0.05) is 6.07 Å². The van der Waals surface area contributed by atoms with Crippen LogP contribution in [-0.4, -0.2) is 0 Å². The molecule has 70 valence electrons. The maximum absolute atomic E-state index is 8.60. The Balaban J connectivity index is 2.65. The van der Waals surface area contributed by atoms with Crippen molar-refractivity contribution in [2.45, 2.75) is 17.6 Å². The summed E-state index contributed by atoms with van der Waals surface area (Å²) in [5.41, 5.74) is 2.29. The fraction of sp³-hybridized carbons (Fsp3) is 0.182. The fourth-order valence-corrected chi connectivity index (χ4v) is 2.80. The van der Waals surface area contributed by atoms with Crippen LogP contribution in [0.5, 0.6) is 0 Å². The lowest BCUT2D eigenvalue weighted by atomic mass is 10.1. The van der Waals surface area contributed by atoms with Crippen molar-refractivity contribution in [3.05, 3.63) is 29.3 Å². The highest BCUT2D eigenvalue weighted by atomic mass is 32.2. The molecule has 0 bridgehead atoms. The van der Waals surface area contributed by atoms with Crippen molar-refractivity contribution < 1.29 is 0 Å². The van der Waals surface area contributed by atoms with Crippen molar-refractivity contribution in [3.8, 4) is 6.07 Å². The SMILES string of the molecule is Cc1c(S)sc2ccc(CC#N)cc12. The van der Waals surface area contributed by atoms with Gasteiger partial charge in [-0.3, -0.25) is 0 Å². The number of fused-ring (bicyclic) bond motifs is 1. The number of thiophene rings is 1. The van der Waals surface area contributed by atoms with Crippen molar-refractivity contribution in [2.75, 3.05) is 0 Å². The number of hydrogen-bond donors (Lipinski definition) is 1. The Morgan fingerprint density at radius 2 is 2.29 bits per heavy atom. The number of aryl methyl sites for hydroxylation is 1. The van der Waals surface area contributed by atoms with Crippen LogP contribution in [-0.2, 0) is 6.42 Å². The minimum atomic E-state index is 0.479. The van der Waals surface area contributed by atoms with E-state index in [1.165, 1.54) is 15.6 Å². The number of nitriles is 1. The number of benzene rings is 1. The van der Waals surface area contributed by atoms with E-state index in [9.17, 15) is 0 Å². The molecule has 0 atom stereocenters. The number of hydrogen-bond acceptors (Lipinski definition) is 3. The van der Waals surface area contributed by atoms with Crippen molar-refractivity contribution in [1.82, 2.24) is 0 Å². The molecule has 1 aromatic carbocycles. The predicted octanol–water partition coefficient (Wildman–Crippen LogP) is 3.56. The second-order valence-electron chi connectivity index (χ2n) is 3.20. The van der Waals surface area contributed by atoms with Crippen molar-refractivity contribution in [3.63, 3.8) is 0 Å². The number of nitrogens with zero attached hydrogens (tertiary/aromatic N) is 1. The lowest BCUT2D eigenvalue weighted by molar-refractivity contribution is 1.27. The molecule has 14 heavy (non-hydrogen) atoms. The molecule has 3 heteroatoms. The minimum Gasteiger partial charge on any atom is -0.198 e. The average molecular weight is 219 g/mol. The standard InChI is InChI=1S/C11H9NS2/c1-7-9-6-8(4-5-12)2-3-10(9)14-11(7)13/h2-3,6,13H,4H2,1H3. The van der Waals surface area contributed by atoms with E-state index in [0.717, 1.165) is 9.77 Å². The normalized spacial score (nSPS) is 10.4. The zero-order chi connectivity index (χ0) is 10.1. The Morgan fingerprint density at radius 1 is 1.50 bits per heavy atom.